The standard InChI is InChI=1S/C22H32O2/c1-14(13-23)18-6-7-19-17-5-4-15-12-16(24)8-10-21(15,2)20(17)9-11-22(18,19)3/h8,10,12,14,17-20,23H,4-7,9,11,13H2,1-3H3/t14-,17+,18-,19+,20+,21-,22+/m0/s1. The van der Waals surface area contributed by atoms with E-state index in [1.54, 1.807) is 0 Å². The quantitative estimate of drug-likeness (QED) is 0.808. The van der Waals surface area contributed by atoms with E-state index in [0.717, 1.165) is 18.3 Å². The maximum Gasteiger partial charge on any atom is 0.178 e. The highest BCUT2D eigenvalue weighted by atomic mass is 16.3. The van der Waals surface area contributed by atoms with Crippen molar-refractivity contribution in [2.45, 2.75) is 59.3 Å². The normalized spacial score (nSPS) is 48.3. The number of hydrogen-bond acceptors (Lipinski definition) is 2. The molecule has 0 aliphatic heterocycles. The lowest BCUT2D eigenvalue weighted by atomic mass is 9.47. The lowest BCUT2D eigenvalue weighted by Gasteiger charge is -2.57. The maximum atomic E-state index is 11.8. The molecule has 0 amide bonds. The smallest absolute Gasteiger partial charge is 0.178 e. The van der Waals surface area contributed by atoms with E-state index in [9.17, 15) is 9.90 Å². The topological polar surface area (TPSA) is 37.3 Å². The van der Waals surface area contributed by atoms with Gasteiger partial charge >= 0.3 is 0 Å². The Bertz CT molecular complexity index is 603. The molecule has 2 heteroatoms. The summed E-state index contributed by atoms with van der Waals surface area (Å²) in [5.41, 5.74) is 1.91. The SMILES string of the molecule is C[C@@H](CO)[C@@H]1CC[C@@H]2[C@H]3CCC4=CC(=O)C=C[C@]4(C)[C@@H]3CC[C@@]21C. The summed E-state index contributed by atoms with van der Waals surface area (Å²) in [5.74, 6) is 3.58. The van der Waals surface area contributed by atoms with Gasteiger partial charge < -0.3 is 5.11 Å². The summed E-state index contributed by atoms with van der Waals surface area (Å²) < 4.78 is 0. The monoisotopic (exact) mass is 328 g/mol. The van der Waals surface area contributed by atoms with Crippen LogP contribution in [0.4, 0.5) is 0 Å². The van der Waals surface area contributed by atoms with Crippen molar-refractivity contribution < 1.29 is 9.90 Å². The summed E-state index contributed by atoms with van der Waals surface area (Å²) in [6.45, 7) is 7.47. The Kier molecular flexibility index (Phi) is 3.84. The molecule has 3 saturated carbocycles. The predicted octanol–water partition coefficient (Wildman–Crippen LogP) is 4.54. The van der Waals surface area contributed by atoms with Crippen molar-refractivity contribution in [1.82, 2.24) is 0 Å². The number of aliphatic hydroxyl groups excluding tert-OH is 1. The molecule has 7 atom stereocenters. The highest BCUT2D eigenvalue weighted by molar-refractivity contribution is 6.01. The fraction of sp³-hybridized carbons (Fsp3) is 0.773. The lowest BCUT2D eigenvalue weighted by Crippen LogP contribution is -2.50. The van der Waals surface area contributed by atoms with Crippen molar-refractivity contribution in [3.63, 3.8) is 0 Å². The van der Waals surface area contributed by atoms with Gasteiger partial charge in [0.15, 0.2) is 5.78 Å². The molecule has 0 aromatic carbocycles. The minimum absolute atomic E-state index is 0.110. The molecule has 3 fully saturated rings. The van der Waals surface area contributed by atoms with Gasteiger partial charge in [-0.25, -0.2) is 0 Å². The van der Waals surface area contributed by atoms with Gasteiger partial charge in [0.05, 0.1) is 0 Å². The Balaban J connectivity index is 1.65. The van der Waals surface area contributed by atoms with Crippen LogP contribution in [0.15, 0.2) is 23.8 Å². The molecule has 0 saturated heterocycles. The van der Waals surface area contributed by atoms with Crippen molar-refractivity contribution in [2.24, 2.45) is 40.4 Å². The highest BCUT2D eigenvalue weighted by Crippen LogP contribution is 2.66. The van der Waals surface area contributed by atoms with Gasteiger partial charge in [-0.05, 0) is 85.7 Å². The second kappa shape index (κ2) is 5.56. The molecule has 1 N–H and O–H groups in total. The summed E-state index contributed by atoms with van der Waals surface area (Å²) in [6.07, 6.45) is 13.5. The first-order valence-corrected chi connectivity index (χ1v) is 9.95. The first kappa shape index (κ1) is 16.6. The van der Waals surface area contributed by atoms with Crippen molar-refractivity contribution >= 4 is 5.78 Å². The van der Waals surface area contributed by atoms with Crippen LogP contribution in [-0.2, 0) is 4.79 Å². The molecule has 0 aromatic heterocycles. The third-order valence-corrected chi connectivity index (χ3v) is 8.60. The predicted molar refractivity (Wildman–Crippen MR) is 96.4 cm³/mol. The zero-order valence-electron chi connectivity index (χ0n) is 15.4. The Morgan fingerprint density at radius 1 is 1.21 bits per heavy atom. The van der Waals surface area contributed by atoms with Crippen LogP contribution < -0.4 is 0 Å². The molecule has 0 heterocycles. The van der Waals surface area contributed by atoms with Gasteiger partial charge in [-0.2, -0.15) is 0 Å². The van der Waals surface area contributed by atoms with E-state index in [2.05, 4.69) is 26.8 Å². The molecule has 24 heavy (non-hydrogen) atoms. The van der Waals surface area contributed by atoms with Crippen LogP contribution in [0.25, 0.3) is 0 Å². The number of rotatable bonds is 2. The summed E-state index contributed by atoms with van der Waals surface area (Å²) >= 11 is 0. The largest absolute Gasteiger partial charge is 0.396 e. The van der Waals surface area contributed by atoms with Crippen molar-refractivity contribution in [3.8, 4) is 0 Å². The van der Waals surface area contributed by atoms with Gasteiger partial charge in [0.25, 0.3) is 0 Å². The minimum atomic E-state index is 0.110. The Hall–Kier alpha value is -0.890. The maximum absolute atomic E-state index is 11.8. The molecule has 4 rings (SSSR count). The number of hydrogen-bond donors (Lipinski definition) is 1. The van der Waals surface area contributed by atoms with E-state index in [-0.39, 0.29) is 11.2 Å². The van der Waals surface area contributed by atoms with E-state index in [1.807, 2.05) is 12.2 Å². The van der Waals surface area contributed by atoms with Gasteiger partial charge in [0.1, 0.15) is 0 Å². The number of allylic oxidation sites excluding steroid dienone is 4. The minimum Gasteiger partial charge on any atom is -0.396 e. The highest BCUT2D eigenvalue weighted by Gasteiger charge is 2.58. The summed E-state index contributed by atoms with van der Waals surface area (Å²) in [6, 6.07) is 0. The second-order valence-electron chi connectivity index (χ2n) is 9.49. The second-order valence-corrected chi connectivity index (χ2v) is 9.49. The summed E-state index contributed by atoms with van der Waals surface area (Å²) in [7, 11) is 0. The number of carbonyl (C=O) groups is 1. The average Bonchev–Trinajstić information content (AvgIpc) is 2.92. The Morgan fingerprint density at radius 2 is 2.00 bits per heavy atom. The van der Waals surface area contributed by atoms with Crippen LogP contribution in [0.5, 0.6) is 0 Å². The third-order valence-electron chi connectivity index (χ3n) is 8.60. The van der Waals surface area contributed by atoms with Crippen LogP contribution in [0.2, 0.25) is 0 Å². The molecule has 2 nitrogen and oxygen atoms in total. The third kappa shape index (κ3) is 2.14. The van der Waals surface area contributed by atoms with E-state index in [0.29, 0.717) is 29.8 Å². The van der Waals surface area contributed by atoms with Crippen molar-refractivity contribution in [3.05, 3.63) is 23.8 Å². The van der Waals surface area contributed by atoms with E-state index in [1.165, 1.54) is 37.7 Å². The summed E-state index contributed by atoms with van der Waals surface area (Å²) in [5, 5.41) is 9.70. The molecule has 4 aliphatic carbocycles. The molecule has 132 valence electrons. The number of fused-ring (bicyclic) bond motifs is 5. The molecule has 0 unspecified atom stereocenters. The van der Waals surface area contributed by atoms with Gasteiger partial charge in [0.2, 0.25) is 0 Å². The van der Waals surface area contributed by atoms with Gasteiger partial charge in [-0.1, -0.05) is 32.4 Å². The Morgan fingerprint density at radius 3 is 2.75 bits per heavy atom. The van der Waals surface area contributed by atoms with E-state index < -0.39 is 0 Å². The molecule has 0 aromatic rings. The molecule has 4 aliphatic rings. The first-order valence-electron chi connectivity index (χ1n) is 9.95. The Labute approximate surface area is 146 Å². The zero-order valence-corrected chi connectivity index (χ0v) is 15.4. The van der Waals surface area contributed by atoms with Crippen LogP contribution >= 0.6 is 0 Å². The fourth-order valence-electron chi connectivity index (χ4n) is 7.30. The van der Waals surface area contributed by atoms with Crippen LogP contribution in [0, 0.1) is 40.4 Å². The molecule has 0 radical (unpaired) electrons. The fourth-order valence-corrected chi connectivity index (χ4v) is 7.30. The van der Waals surface area contributed by atoms with E-state index >= 15 is 0 Å². The van der Waals surface area contributed by atoms with E-state index in [4.69, 9.17) is 0 Å². The van der Waals surface area contributed by atoms with Gasteiger partial charge in [0, 0.05) is 12.0 Å². The lowest BCUT2D eigenvalue weighted by molar-refractivity contribution is -0.111. The van der Waals surface area contributed by atoms with Crippen molar-refractivity contribution in [2.75, 3.05) is 6.61 Å². The van der Waals surface area contributed by atoms with Crippen LogP contribution in [-0.4, -0.2) is 17.5 Å². The zero-order chi connectivity index (χ0) is 17.1. The number of ketones is 1. The average molecular weight is 328 g/mol. The van der Waals surface area contributed by atoms with Gasteiger partial charge in [-0.3, -0.25) is 4.79 Å². The van der Waals surface area contributed by atoms with Crippen LogP contribution in [0.1, 0.15) is 59.3 Å². The molecule has 0 bridgehead atoms. The molecular formula is C22H32O2. The molecule has 0 spiro atoms. The van der Waals surface area contributed by atoms with Crippen molar-refractivity contribution in [1.29, 1.82) is 0 Å². The van der Waals surface area contributed by atoms with Crippen LogP contribution in [0.3, 0.4) is 0 Å². The molecular weight excluding hydrogens is 296 g/mol. The summed E-state index contributed by atoms with van der Waals surface area (Å²) in [4.78, 5) is 11.8. The number of carbonyl (C=O) groups excluding carboxylic acids is 1. The first-order chi connectivity index (χ1) is 11.4. The number of aliphatic hydroxyl groups is 1. The van der Waals surface area contributed by atoms with Gasteiger partial charge in [-0.15, -0.1) is 0 Å².